The predicted octanol–water partition coefficient (Wildman–Crippen LogP) is 2.09. The largest absolute Gasteiger partial charge is 0.348 e. The summed E-state index contributed by atoms with van der Waals surface area (Å²) < 4.78 is 1.17. The number of carbonyl (C=O) groups is 1. The monoisotopic (exact) mass is 297 g/mol. The first-order valence-electron chi connectivity index (χ1n) is 6.18. The van der Waals surface area contributed by atoms with Gasteiger partial charge in [-0.3, -0.25) is 4.79 Å². The number of carbonyl (C=O) groups excluding carboxylic acids is 1. The van der Waals surface area contributed by atoms with E-state index < -0.39 is 0 Å². The molecule has 0 unspecified atom stereocenters. The topological polar surface area (TPSA) is 54.0 Å². The van der Waals surface area contributed by atoms with E-state index in [9.17, 15) is 4.79 Å². The Balaban J connectivity index is 0.00000133. The van der Waals surface area contributed by atoms with Crippen LogP contribution in [0.5, 0.6) is 0 Å². The highest BCUT2D eigenvalue weighted by molar-refractivity contribution is 7.18. The van der Waals surface area contributed by atoms with Gasteiger partial charge < -0.3 is 10.6 Å². The van der Waals surface area contributed by atoms with Gasteiger partial charge >= 0.3 is 0 Å². The first-order valence-corrected chi connectivity index (χ1v) is 7.00. The van der Waals surface area contributed by atoms with E-state index in [0.717, 1.165) is 29.9 Å². The van der Waals surface area contributed by atoms with E-state index in [1.54, 1.807) is 11.3 Å². The minimum atomic E-state index is -0.0145. The number of benzene rings is 1. The van der Waals surface area contributed by atoms with Gasteiger partial charge in [0.05, 0.1) is 22.8 Å². The van der Waals surface area contributed by atoms with E-state index in [1.807, 2.05) is 18.2 Å². The fourth-order valence-electron chi connectivity index (χ4n) is 2.19. The molecule has 3 rings (SSSR count). The quantitative estimate of drug-likeness (QED) is 0.912. The number of amides is 1. The van der Waals surface area contributed by atoms with Crippen molar-refractivity contribution in [1.29, 1.82) is 0 Å². The maximum atomic E-state index is 11.8. The molecule has 0 radical (unpaired) electrons. The maximum Gasteiger partial charge on any atom is 0.237 e. The molecule has 19 heavy (non-hydrogen) atoms. The standard InChI is InChI=1S/C13H15N3OS.ClH/c17-13(10-5-3-7-14-10)15-8-12-16-9-4-1-2-6-11(9)18-12;/h1-2,4,6,10,14H,3,5,7-8H2,(H,15,17);1H/t10-;/m0./s1. The Morgan fingerprint density at radius 2 is 2.32 bits per heavy atom. The summed E-state index contributed by atoms with van der Waals surface area (Å²) in [5.74, 6) is 0.0896. The maximum absolute atomic E-state index is 11.8. The molecule has 2 N–H and O–H groups in total. The van der Waals surface area contributed by atoms with Crippen molar-refractivity contribution in [2.45, 2.75) is 25.4 Å². The molecule has 1 aromatic carbocycles. The van der Waals surface area contributed by atoms with Crippen molar-refractivity contribution < 1.29 is 4.79 Å². The first kappa shape index (κ1) is 14.2. The number of thiazole rings is 1. The van der Waals surface area contributed by atoms with Gasteiger partial charge in [-0.25, -0.2) is 4.98 Å². The van der Waals surface area contributed by atoms with Crippen molar-refractivity contribution in [1.82, 2.24) is 15.6 Å². The molecular formula is C13H16ClN3OS. The molecule has 4 nitrogen and oxygen atoms in total. The summed E-state index contributed by atoms with van der Waals surface area (Å²) >= 11 is 1.64. The Morgan fingerprint density at radius 1 is 1.47 bits per heavy atom. The number of nitrogens with zero attached hydrogens (tertiary/aromatic N) is 1. The number of aromatic nitrogens is 1. The van der Waals surface area contributed by atoms with Crippen LogP contribution in [0.25, 0.3) is 10.2 Å². The lowest BCUT2D eigenvalue weighted by Crippen LogP contribution is -2.39. The van der Waals surface area contributed by atoms with Crippen molar-refractivity contribution in [2.75, 3.05) is 6.54 Å². The normalized spacial score (nSPS) is 18.2. The number of fused-ring (bicyclic) bond motifs is 1. The molecular weight excluding hydrogens is 282 g/mol. The molecule has 2 aromatic rings. The van der Waals surface area contributed by atoms with Gasteiger partial charge in [0.1, 0.15) is 5.01 Å². The van der Waals surface area contributed by atoms with Gasteiger partial charge in [0.15, 0.2) is 0 Å². The lowest BCUT2D eigenvalue weighted by Gasteiger charge is -2.09. The SMILES string of the molecule is Cl.O=C(NCc1nc2ccccc2s1)[C@@H]1CCCN1. The molecule has 1 saturated heterocycles. The van der Waals surface area contributed by atoms with E-state index in [-0.39, 0.29) is 24.4 Å². The van der Waals surface area contributed by atoms with Gasteiger partial charge in [0.25, 0.3) is 0 Å². The van der Waals surface area contributed by atoms with Gasteiger partial charge in [-0.1, -0.05) is 12.1 Å². The number of rotatable bonds is 3. The minimum Gasteiger partial charge on any atom is -0.348 e. The van der Waals surface area contributed by atoms with Gasteiger partial charge in [0.2, 0.25) is 5.91 Å². The highest BCUT2D eigenvalue weighted by atomic mass is 35.5. The highest BCUT2D eigenvalue weighted by Crippen LogP contribution is 2.21. The second kappa shape index (κ2) is 6.32. The molecule has 1 amide bonds. The van der Waals surface area contributed by atoms with Crippen LogP contribution in [-0.2, 0) is 11.3 Å². The number of hydrogen-bond acceptors (Lipinski definition) is 4. The van der Waals surface area contributed by atoms with Gasteiger partial charge in [-0.05, 0) is 31.5 Å². The zero-order valence-corrected chi connectivity index (χ0v) is 12.0. The highest BCUT2D eigenvalue weighted by Gasteiger charge is 2.21. The van der Waals surface area contributed by atoms with Gasteiger partial charge in [-0.15, -0.1) is 23.7 Å². The summed E-state index contributed by atoms with van der Waals surface area (Å²) in [7, 11) is 0. The van der Waals surface area contributed by atoms with Crippen LogP contribution in [-0.4, -0.2) is 23.5 Å². The van der Waals surface area contributed by atoms with E-state index in [1.165, 1.54) is 4.70 Å². The summed E-state index contributed by atoms with van der Waals surface area (Å²) in [4.78, 5) is 16.3. The Hall–Kier alpha value is -1.17. The van der Waals surface area contributed by atoms with Gasteiger partial charge in [-0.2, -0.15) is 0 Å². The van der Waals surface area contributed by atoms with Crippen molar-refractivity contribution in [2.24, 2.45) is 0 Å². The predicted molar refractivity (Wildman–Crippen MR) is 79.7 cm³/mol. The third-order valence-electron chi connectivity index (χ3n) is 3.13. The molecule has 0 bridgehead atoms. The van der Waals surface area contributed by atoms with Crippen LogP contribution in [0.3, 0.4) is 0 Å². The fraction of sp³-hybridized carbons (Fsp3) is 0.385. The van der Waals surface area contributed by atoms with Crippen molar-refractivity contribution in [3.8, 4) is 0 Å². The molecule has 2 heterocycles. The number of hydrogen-bond donors (Lipinski definition) is 2. The summed E-state index contributed by atoms with van der Waals surface area (Å²) in [6.45, 7) is 1.47. The van der Waals surface area contributed by atoms with Crippen molar-refractivity contribution >= 4 is 39.9 Å². The summed E-state index contributed by atoms with van der Waals surface area (Å²) in [5, 5.41) is 7.10. The summed E-state index contributed by atoms with van der Waals surface area (Å²) in [6, 6.07) is 8.02. The molecule has 0 spiro atoms. The first-order chi connectivity index (χ1) is 8.83. The third kappa shape index (κ3) is 3.23. The second-order valence-corrected chi connectivity index (χ2v) is 5.56. The molecule has 0 aliphatic carbocycles. The van der Waals surface area contributed by atoms with E-state index in [0.29, 0.717) is 6.54 Å². The van der Waals surface area contributed by atoms with Crippen LogP contribution in [0.4, 0.5) is 0 Å². The zero-order valence-electron chi connectivity index (χ0n) is 10.4. The lowest BCUT2D eigenvalue weighted by molar-refractivity contribution is -0.122. The number of nitrogens with one attached hydrogen (secondary N) is 2. The summed E-state index contributed by atoms with van der Waals surface area (Å²) in [5.41, 5.74) is 1.01. The zero-order chi connectivity index (χ0) is 12.4. The molecule has 1 aliphatic heterocycles. The van der Waals surface area contributed by atoms with Crippen molar-refractivity contribution in [3.63, 3.8) is 0 Å². The molecule has 0 saturated carbocycles. The van der Waals surface area contributed by atoms with E-state index in [4.69, 9.17) is 0 Å². The molecule has 1 aromatic heterocycles. The average molecular weight is 298 g/mol. The molecule has 1 atom stereocenters. The fourth-order valence-corrected chi connectivity index (χ4v) is 3.10. The van der Waals surface area contributed by atoms with Crippen LogP contribution >= 0.6 is 23.7 Å². The van der Waals surface area contributed by atoms with Crippen LogP contribution in [0.15, 0.2) is 24.3 Å². The second-order valence-electron chi connectivity index (χ2n) is 4.44. The Labute approximate surface area is 122 Å². The van der Waals surface area contributed by atoms with Crippen LogP contribution < -0.4 is 10.6 Å². The molecule has 102 valence electrons. The van der Waals surface area contributed by atoms with Gasteiger partial charge in [0, 0.05) is 0 Å². The smallest absolute Gasteiger partial charge is 0.237 e. The Morgan fingerprint density at radius 3 is 3.05 bits per heavy atom. The van der Waals surface area contributed by atoms with E-state index >= 15 is 0 Å². The lowest BCUT2D eigenvalue weighted by atomic mass is 10.2. The average Bonchev–Trinajstić information content (AvgIpc) is 3.04. The van der Waals surface area contributed by atoms with Crippen LogP contribution in [0.1, 0.15) is 17.8 Å². The number of halogens is 1. The molecule has 1 aliphatic rings. The van der Waals surface area contributed by atoms with Crippen LogP contribution in [0.2, 0.25) is 0 Å². The molecule has 1 fully saturated rings. The van der Waals surface area contributed by atoms with Crippen molar-refractivity contribution in [3.05, 3.63) is 29.3 Å². The molecule has 6 heteroatoms. The Bertz CT molecular complexity index is 533. The van der Waals surface area contributed by atoms with E-state index in [2.05, 4.69) is 21.7 Å². The minimum absolute atomic E-state index is 0. The Kier molecular flexibility index (Phi) is 4.74. The van der Waals surface area contributed by atoms with Crippen LogP contribution in [0, 0.1) is 0 Å². The third-order valence-corrected chi connectivity index (χ3v) is 4.17. The number of para-hydroxylation sites is 1. The summed E-state index contributed by atoms with van der Waals surface area (Å²) in [6.07, 6.45) is 2.02.